The first kappa shape index (κ1) is 32.2. The van der Waals surface area contributed by atoms with E-state index in [9.17, 15) is 0 Å². The van der Waals surface area contributed by atoms with E-state index in [0.29, 0.717) is 0 Å². The molecule has 1 aliphatic carbocycles. The lowest BCUT2D eigenvalue weighted by molar-refractivity contribution is 0.662. The van der Waals surface area contributed by atoms with Gasteiger partial charge in [0, 0.05) is 49.3 Å². The van der Waals surface area contributed by atoms with Crippen molar-refractivity contribution < 1.29 is 0 Å². The van der Waals surface area contributed by atoms with Crippen LogP contribution in [0.1, 0.15) is 25.0 Å². The predicted octanol–water partition coefficient (Wildman–Crippen LogP) is 15.0. The highest BCUT2D eigenvalue weighted by Crippen LogP contribution is 2.53. The summed E-state index contributed by atoms with van der Waals surface area (Å²) in [4.78, 5) is 4.80. The molecule has 0 spiro atoms. The molecular formula is C51H38N2S. The molecule has 1 heterocycles. The maximum atomic E-state index is 2.45. The molecule has 3 heteroatoms. The first-order chi connectivity index (χ1) is 26.6. The number of thiophene rings is 1. The van der Waals surface area contributed by atoms with Gasteiger partial charge in [-0.3, -0.25) is 0 Å². The van der Waals surface area contributed by atoms with Gasteiger partial charge < -0.3 is 9.80 Å². The Morgan fingerprint density at radius 1 is 0.407 bits per heavy atom. The lowest BCUT2D eigenvalue weighted by Gasteiger charge is -2.30. The van der Waals surface area contributed by atoms with E-state index in [0.717, 1.165) is 34.1 Å². The Morgan fingerprint density at radius 3 is 1.54 bits per heavy atom. The van der Waals surface area contributed by atoms with Gasteiger partial charge in [0.05, 0.1) is 10.4 Å². The Labute approximate surface area is 320 Å². The monoisotopic (exact) mass is 710 g/mol. The van der Waals surface area contributed by atoms with E-state index in [2.05, 4.69) is 218 Å². The smallest absolute Gasteiger partial charge is 0.0661 e. The second-order valence-electron chi connectivity index (χ2n) is 14.6. The molecule has 54 heavy (non-hydrogen) atoms. The van der Waals surface area contributed by atoms with Gasteiger partial charge in [0.25, 0.3) is 0 Å². The quantitative estimate of drug-likeness (QED) is 0.162. The first-order valence-corrected chi connectivity index (χ1v) is 19.4. The van der Waals surface area contributed by atoms with Gasteiger partial charge in [0.2, 0.25) is 0 Å². The molecule has 0 radical (unpaired) electrons. The summed E-state index contributed by atoms with van der Waals surface area (Å²) in [6, 6.07) is 70.6. The molecule has 0 saturated heterocycles. The fraction of sp³-hybridized carbons (Fsp3) is 0.0588. The van der Waals surface area contributed by atoms with E-state index < -0.39 is 0 Å². The Bertz CT molecular complexity index is 2710. The molecule has 0 saturated carbocycles. The summed E-state index contributed by atoms with van der Waals surface area (Å²) in [6.07, 6.45) is 0. The van der Waals surface area contributed by atoms with Crippen molar-refractivity contribution in [2.24, 2.45) is 0 Å². The van der Waals surface area contributed by atoms with Crippen molar-refractivity contribution >= 4 is 65.6 Å². The van der Waals surface area contributed by atoms with Crippen molar-refractivity contribution in [2.45, 2.75) is 19.3 Å². The zero-order valence-corrected chi connectivity index (χ0v) is 31.1. The van der Waals surface area contributed by atoms with Gasteiger partial charge in [-0.25, -0.2) is 0 Å². The highest BCUT2D eigenvalue weighted by molar-refractivity contribution is 7.26. The third kappa shape index (κ3) is 5.23. The highest BCUT2D eigenvalue weighted by atomic mass is 32.1. The van der Waals surface area contributed by atoms with Crippen molar-refractivity contribution in [1.29, 1.82) is 0 Å². The van der Waals surface area contributed by atoms with Crippen LogP contribution >= 0.6 is 11.3 Å². The molecule has 0 aliphatic heterocycles. The lowest BCUT2D eigenvalue weighted by Crippen LogP contribution is -2.16. The maximum absolute atomic E-state index is 2.45. The minimum absolute atomic E-state index is 0.105. The summed E-state index contributed by atoms with van der Waals surface area (Å²) in [7, 11) is 0. The third-order valence-corrected chi connectivity index (χ3v) is 12.2. The molecule has 2 nitrogen and oxygen atoms in total. The number of hydrogen-bond donors (Lipinski definition) is 0. The standard InChI is InChI=1S/C51H38N2S/c1-51(2)46-29-16-15-26-42(46)43-28-17-27-41(49(43)51)35-30-31-48-44(32-35)45-33-40(52(36-18-7-3-8-19-36)37-20-9-4-10-21-37)34-47(50(45)54-48)53(38-22-11-5-12-23-38)39-24-13-6-14-25-39/h3-34H,1-2H3. The zero-order chi connectivity index (χ0) is 36.2. The van der Waals surface area contributed by atoms with E-state index in [1.807, 2.05) is 11.3 Å². The summed E-state index contributed by atoms with van der Waals surface area (Å²) >= 11 is 1.88. The molecule has 0 N–H and O–H groups in total. The van der Waals surface area contributed by atoms with E-state index in [-0.39, 0.29) is 5.41 Å². The Hall–Kier alpha value is -6.42. The summed E-state index contributed by atoms with van der Waals surface area (Å²) in [6.45, 7) is 4.75. The van der Waals surface area contributed by atoms with Crippen LogP contribution in [0.3, 0.4) is 0 Å². The van der Waals surface area contributed by atoms with Gasteiger partial charge in [-0.15, -0.1) is 11.3 Å². The molecule has 0 unspecified atom stereocenters. The Morgan fingerprint density at radius 2 is 0.926 bits per heavy atom. The van der Waals surface area contributed by atoms with Crippen LogP contribution in [0, 0.1) is 0 Å². The van der Waals surface area contributed by atoms with Gasteiger partial charge >= 0.3 is 0 Å². The summed E-state index contributed by atoms with van der Waals surface area (Å²) in [5.41, 5.74) is 14.7. The fourth-order valence-electron chi connectivity index (χ4n) is 8.58. The number of hydrogen-bond acceptors (Lipinski definition) is 3. The van der Waals surface area contributed by atoms with Crippen LogP contribution in [0.2, 0.25) is 0 Å². The van der Waals surface area contributed by atoms with Gasteiger partial charge in [-0.1, -0.05) is 135 Å². The lowest BCUT2D eigenvalue weighted by atomic mass is 9.79. The number of fused-ring (bicyclic) bond motifs is 6. The Kier molecular flexibility index (Phi) is 7.71. The molecule has 0 amide bonds. The second kappa shape index (κ2) is 12.9. The van der Waals surface area contributed by atoms with Crippen LogP contribution in [-0.2, 0) is 5.41 Å². The zero-order valence-electron chi connectivity index (χ0n) is 30.3. The van der Waals surface area contributed by atoms with Crippen molar-refractivity contribution in [3.8, 4) is 22.3 Å². The molecule has 8 aromatic carbocycles. The second-order valence-corrected chi connectivity index (χ2v) is 15.6. The van der Waals surface area contributed by atoms with Crippen LogP contribution in [0.15, 0.2) is 194 Å². The van der Waals surface area contributed by atoms with Gasteiger partial charge in [-0.2, -0.15) is 0 Å². The van der Waals surface area contributed by atoms with Gasteiger partial charge in [0.15, 0.2) is 0 Å². The summed E-state index contributed by atoms with van der Waals surface area (Å²) in [5.74, 6) is 0. The molecular weight excluding hydrogens is 673 g/mol. The number of anilines is 6. The summed E-state index contributed by atoms with van der Waals surface area (Å²) in [5, 5.41) is 2.51. The highest BCUT2D eigenvalue weighted by Gasteiger charge is 2.37. The minimum Gasteiger partial charge on any atom is -0.310 e. The van der Waals surface area contributed by atoms with Crippen LogP contribution < -0.4 is 9.80 Å². The largest absolute Gasteiger partial charge is 0.310 e. The van der Waals surface area contributed by atoms with E-state index in [1.165, 1.54) is 53.6 Å². The topological polar surface area (TPSA) is 6.48 Å². The average Bonchev–Trinajstić information content (AvgIpc) is 3.71. The molecule has 1 aromatic heterocycles. The van der Waals surface area contributed by atoms with E-state index in [1.54, 1.807) is 0 Å². The van der Waals surface area contributed by atoms with Crippen molar-refractivity contribution in [3.63, 3.8) is 0 Å². The molecule has 10 rings (SSSR count). The van der Waals surface area contributed by atoms with Gasteiger partial charge in [0.1, 0.15) is 0 Å². The molecule has 0 bridgehead atoms. The fourth-order valence-corrected chi connectivity index (χ4v) is 9.75. The minimum atomic E-state index is -0.105. The number of nitrogens with zero attached hydrogens (tertiary/aromatic N) is 2. The summed E-state index contributed by atoms with van der Waals surface area (Å²) < 4.78 is 2.53. The van der Waals surface area contributed by atoms with Crippen LogP contribution in [0.5, 0.6) is 0 Å². The van der Waals surface area contributed by atoms with Crippen LogP contribution in [0.4, 0.5) is 34.1 Å². The third-order valence-electron chi connectivity index (χ3n) is 11.0. The average molecular weight is 711 g/mol. The SMILES string of the molecule is CC1(C)c2ccccc2-c2cccc(-c3ccc4sc5c(N(c6ccccc6)c6ccccc6)cc(N(c6ccccc6)c6ccccc6)cc5c4c3)c21. The molecule has 258 valence electrons. The normalized spacial score (nSPS) is 12.8. The van der Waals surface area contributed by atoms with Crippen molar-refractivity contribution in [2.75, 3.05) is 9.80 Å². The maximum Gasteiger partial charge on any atom is 0.0661 e. The molecule has 0 atom stereocenters. The van der Waals surface area contributed by atoms with E-state index >= 15 is 0 Å². The Balaban J connectivity index is 1.26. The number of para-hydroxylation sites is 4. The molecule has 0 fully saturated rings. The van der Waals surface area contributed by atoms with Crippen LogP contribution in [0.25, 0.3) is 42.4 Å². The van der Waals surface area contributed by atoms with E-state index in [4.69, 9.17) is 0 Å². The number of rotatable bonds is 7. The van der Waals surface area contributed by atoms with Gasteiger partial charge in [-0.05, 0) is 106 Å². The van der Waals surface area contributed by atoms with Crippen molar-refractivity contribution in [1.82, 2.24) is 0 Å². The predicted molar refractivity (Wildman–Crippen MR) is 232 cm³/mol. The molecule has 9 aromatic rings. The first-order valence-electron chi connectivity index (χ1n) is 18.6. The molecule has 1 aliphatic rings. The number of benzene rings is 8. The van der Waals surface area contributed by atoms with Crippen LogP contribution in [-0.4, -0.2) is 0 Å². The van der Waals surface area contributed by atoms with Crippen molar-refractivity contribution in [3.05, 3.63) is 205 Å².